The maximum Gasteiger partial charge on any atom is 0.338 e. The summed E-state index contributed by atoms with van der Waals surface area (Å²) in [5.74, 6) is -1.06. The topological polar surface area (TPSA) is 72.5 Å². The first-order chi connectivity index (χ1) is 11.8. The number of halogens is 1. The van der Waals surface area contributed by atoms with Crippen molar-refractivity contribution in [1.82, 2.24) is 4.72 Å². The number of hydrogen-bond donors (Lipinski definition) is 1. The van der Waals surface area contributed by atoms with E-state index < -0.39 is 21.8 Å². The summed E-state index contributed by atoms with van der Waals surface area (Å²) in [6.07, 6.45) is 1.65. The highest BCUT2D eigenvalue weighted by atomic mass is 32.2. The van der Waals surface area contributed by atoms with E-state index in [-0.39, 0.29) is 23.1 Å². The fourth-order valence-corrected chi connectivity index (χ4v) is 3.66. The van der Waals surface area contributed by atoms with Gasteiger partial charge in [-0.3, -0.25) is 0 Å². The summed E-state index contributed by atoms with van der Waals surface area (Å²) >= 11 is 0. The van der Waals surface area contributed by atoms with E-state index in [4.69, 9.17) is 4.74 Å². The van der Waals surface area contributed by atoms with Gasteiger partial charge in [0.05, 0.1) is 10.5 Å². The SMILES string of the molecule is Cc1ccc(S(=O)(=O)NC2CC2)cc1C(=O)OCc1cccc(F)c1. The monoisotopic (exact) mass is 363 g/mol. The molecule has 2 aromatic rings. The molecule has 0 aromatic heterocycles. The lowest BCUT2D eigenvalue weighted by molar-refractivity contribution is 0.0471. The second-order valence-electron chi connectivity index (χ2n) is 6.08. The number of esters is 1. The maximum atomic E-state index is 13.2. The predicted octanol–water partition coefficient (Wildman–Crippen LogP) is 2.93. The molecular formula is C18H18FNO4S. The Hall–Kier alpha value is -2.25. The van der Waals surface area contributed by atoms with Crippen LogP contribution in [0.4, 0.5) is 4.39 Å². The summed E-state index contributed by atoms with van der Waals surface area (Å²) in [5.41, 5.74) is 1.30. The third-order valence-corrected chi connectivity index (χ3v) is 5.42. The average molecular weight is 363 g/mol. The Bertz CT molecular complexity index is 907. The van der Waals surface area contributed by atoms with Crippen molar-refractivity contribution in [3.63, 3.8) is 0 Å². The van der Waals surface area contributed by atoms with Crippen LogP contribution >= 0.6 is 0 Å². The number of rotatable bonds is 6. The third kappa shape index (κ3) is 4.43. The molecule has 5 nitrogen and oxygen atoms in total. The summed E-state index contributed by atoms with van der Waals surface area (Å²) < 4.78 is 45.5. The average Bonchev–Trinajstić information content (AvgIpc) is 3.36. The molecule has 1 aliphatic rings. The van der Waals surface area contributed by atoms with Crippen molar-refractivity contribution in [1.29, 1.82) is 0 Å². The molecule has 7 heteroatoms. The number of sulfonamides is 1. The quantitative estimate of drug-likeness (QED) is 0.801. The molecule has 0 heterocycles. The van der Waals surface area contributed by atoms with Crippen molar-refractivity contribution in [2.75, 3.05) is 0 Å². The molecule has 0 bridgehead atoms. The van der Waals surface area contributed by atoms with Gasteiger partial charge in [0.15, 0.2) is 0 Å². The fourth-order valence-electron chi connectivity index (χ4n) is 2.33. The Morgan fingerprint density at radius 3 is 2.68 bits per heavy atom. The first kappa shape index (κ1) is 17.6. The van der Waals surface area contributed by atoms with Gasteiger partial charge in [-0.1, -0.05) is 18.2 Å². The van der Waals surface area contributed by atoms with Crippen LogP contribution in [0, 0.1) is 12.7 Å². The summed E-state index contributed by atoms with van der Waals surface area (Å²) in [7, 11) is -3.65. The molecule has 0 spiro atoms. The number of carbonyl (C=O) groups excluding carboxylic acids is 1. The number of nitrogens with one attached hydrogen (secondary N) is 1. The van der Waals surface area contributed by atoms with Gasteiger partial charge in [-0.25, -0.2) is 22.3 Å². The minimum atomic E-state index is -3.65. The molecule has 25 heavy (non-hydrogen) atoms. The van der Waals surface area contributed by atoms with Crippen LogP contribution in [0.5, 0.6) is 0 Å². The van der Waals surface area contributed by atoms with Gasteiger partial charge in [-0.2, -0.15) is 0 Å². The van der Waals surface area contributed by atoms with Gasteiger partial charge in [0.25, 0.3) is 0 Å². The highest BCUT2D eigenvalue weighted by Gasteiger charge is 2.28. The second-order valence-corrected chi connectivity index (χ2v) is 7.79. The number of carbonyl (C=O) groups is 1. The number of hydrogen-bond acceptors (Lipinski definition) is 4. The van der Waals surface area contributed by atoms with Crippen LogP contribution in [0.3, 0.4) is 0 Å². The van der Waals surface area contributed by atoms with E-state index in [2.05, 4.69) is 4.72 Å². The largest absolute Gasteiger partial charge is 0.457 e. The Morgan fingerprint density at radius 1 is 1.24 bits per heavy atom. The van der Waals surface area contributed by atoms with Gasteiger partial charge in [-0.15, -0.1) is 0 Å². The lowest BCUT2D eigenvalue weighted by Crippen LogP contribution is -2.26. The highest BCUT2D eigenvalue weighted by molar-refractivity contribution is 7.89. The molecule has 0 atom stereocenters. The Balaban J connectivity index is 1.76. The summed E-state index contributed by atoms with van der Waals surface area (Å²) in [5, 5.41) is 0. The first-order valence-electron chi connectivity index (χ1n) is 7.90. The zero-order chi connectivity index (χ0) is 18.0. The molecule has 0 unspecified atom stereocenters. The van der Waals surface area contributed by atoms with E-state index >= 15 is 0 Å². The summed E-state index contributed by atoms with van der Waals surface area (Å²) in [4.78, 5) is 12.3. The van der Waals surface area contributed by atoms with Crippen LogP contribution in [0.15, 0.2) is 47.4 Å². The van der Waals surface area contributed by atoms with Crippen LogP contribution in [0.25, 0.3) is 0 Å². The van der Waals surface area contributed by atoms with Crippen LogP contribution in [0.2, 0.25) is 0 Å². The molecule has 1 saturated carbocycles. The molecule has 1 N–H and O–H groups in total. The molecule has 1 aliphatic carbocycles. The number of aryl methyl sites for hydroxylation is 1. The van der Waals surface area contributed by atoms with E-state index in [1.165, 1.54) is 30.3 Å². The molecule has 0 aliphatic heterocycles. The molecule has 0 saturated heterocycles. The number of benzene rings is 2. The highest BCUT2D eigenvalue weighted by Crippen LogP contribution is 2.23. The fraction of sp³-hybridized carbons (Fsp3) is 0.278. The zero-order valence-electron chi connectivity index (χ0n) is 13.7. The Labute approximate surface area is 145 Å². The summed E-state index contributed by atoms with van der Waals surface area (Å²) in [6, 6.07) is 10.1. The molecule has 132 valence electrons. The van der Waals surface area contributed by atoms with Gasteiger partial charge >= 0.3 is 5.97 Å². The van der Waals surface area contributed by atoms with Gasteiger partial charge in [0, 0.05) is 6.04 Å². The first-order valence-corrected chi connectivity index (χ1v) is 9.38. The molecule has 3 rings (SSSR count). The van der Waals surface area contributed by atoms with Crippen LogP contribution in [-0.2, 0) is 21.4 Å². The van der Waals surface area contributed by atoms with Crippen molar-refractivity contribution in [2.24, 2.45) is 0 Å². The van der Waals surface area contributed by atoms with Crippen molar-refractivity contribution >= 4 is 16.0 Å². The van der Waals surface area contributed by atoms with Gasteiger partial charge < -0.3 is 4.74 Å². The Morgan fingerprint density at radius 2 is 2.00 bits per heavy atom. The molecule has 1 fully saturated rings. The zero-order valence-corrected chi connectivity index (χ0v) is 14.5. The van der Waals surface area contributed by atoms with Crippen molar-refractivity contribution < 1.29 is 22.3 Å². The van der Waals surface area contributed by atoms with Crippen LogP contribution in [-0.4, -0.2) is 20.4 Å². The van der Waals surface area contributed by atoms with Crippen molar-refractivity contribution in [3.05, 3.63) is 65.0 Å². The smallest absolute Gasteiger partial charge is 0.338 e. The summed E-state index contributed by atoms with van der Waals surface area (Å²) in [6.45, 7) is 1.61. The van der Waals surface area contributed by atoms with Gasteiger partial charge in [0.1, 0.15) is 12.4 Å². The van der Waals surface area contributed by atoms with Crippen LogP contribution in [0.1, 0.15) is 34.3 Å². The molecular weight excluding hydrogens is 345 g/mol. The van der Waals surface area contributed by atoms with E-state index in [0.717, 1.165) is 12.8 Å². The van der Waals surface area contributed by atoms with Gasteiger partial charge in [-0.05, 0) is 55.2 Å². The standard InChI is InChI=1S/C18H18FNO4S/c1-12-5-8-16(25(22,23)20-15-6-7-15)10-17(12)18(21)24-11-13-3-2-4-14(19)9-13/h2-5,8-10,15,20H,6-7,11H2,1H3. The second kappa shape index (κ2) is 6.93. The predicted molar refractivity (Wildman–Crippen MR) is 90.0 cm³/mol. The van der Waals surface area contributed by atoms with E-state index in [0.29, 0.717) is 11.1 Å². The normalized spacial score (nSPS) is 14.3. The Kier molecular flexibility index (Phi) is 4.87. The maximum absolute atomic E-state index is 13.2. The van der Waals surface area contributed by atoms with Crippen LogP contribution < -0.4 is 4.72 Å². The minimum Gasteiger partial charge on any atom is -0.457 e. The third-order valence-electron chi connectivity index (χ3n) is 3.90. The molecule has 0 amide bonds. The number of ether oxygens (including phenoxy) is 1. The minimum absolute atomic E-state index is 0.0188. The molecule has 0 radical (unpaired) electrons. The molecule has 2 aromatic carbocycles. The van der Waals surface area contributed by atoms with Crippen molar-refractivity contribution in [3.8, 4) is 0 Å². The lowest BCUT2D eigenvalue weighted by atomic mass is 10.1. The van der Waals surface area contributed by atoms with E-state index in [1.54, 1.807) is 19.1 Å². The van der Waals surface area contributed by atoms with Crippen molar-refractivity contribution in [2.45, 2.75) is 37.3 Å². The van der Waals surface area contributed by atoms with Gasteiger partial charge in [0.2, 0.25) is 10.0 Å². The lowest BCUT2D eigenvalue weighted by Gasteiger charge is -2.10. The van der Waals surface area contributed by atoms with E-state index in [9.17, 15) is 17.6 Å². The van der Waals surface area contributed by atoms with E-state index in [1.807, 2.05) is 0 Å².